The summed E-state index contributed by atoms with van der Waals surface area (Å²) in [6.45, 7) is 3.44. The zero-order valence-electron chi connectivity index (χ0n) is 10.8. The molecule has 1 aromatic rings. The van der Waals surface area contributed by atoms with Crippen molar-refractivity contribution in [3.8, 4) is 0 Å². The van der Waals surface area contributed by atoms with E-state index in [4.69, 9.17) is 0 Å². The van der Waals surface area contributed by atoms with Crippen molar-refractivity contribution < 1.29 is 0 Å². The van der Waals surface area contributed by atoms with Gasteiger partial charge in [-0.05, 0) is 55.6 Å². The first-order chi connectivity index (χ1) is 8.33. The Kier molecular flexibility index (Phi) is 3.19. The van der Waals surface area contributed by atoms with Gasteiger partial charge in [0, 0.05) is 12.6 Å². The summed E-state index contributed by atoms with van der Waals surface area (Å²) in [7, 11) is 0. The van der Waals surface area contributed by atoms with Crippen LogP contribution in [0.1, 0.15) is 62.0 Å². The third-order valence-corrected chi connectivity index (χ3v) is 4.65. The van der Waals surface area contributed by atoms with E-state index in [2.05, 4.69) is 36.5 Å². The summed E-state index contributed by atoms with van der Waals surface area (Å²) in [5, 5.41) is 3.59. The average Bonchev–Trinajstić information content (AvgIpc) is 2.29. The van der Waals surface area contributed by atoms with Gasteiger partial charge in [0.25, 0.3) is 0 Å². The lowest BCUT2D eigenvalue weighted by Gasteiger charge is -2.29. The van der Waals surface area contributed by atoms with Gasteiger partial charge in [0.15, 0.2) is 0 Å². The van der Waals surface area contributed by atoms with Crippen molar-refractivity contribution in [2.45, 2.75) is 56.9 Å². The summed E-state index contributed by atoms with van der Waals surface area (Å²) in [5.41, 5.74) is 3.10. The average molecular weight is 229 g/mol. The number of rotatable bonds is 2. The molecule has 1 aromatic carbocycles. The molecule has 17 heavy (non-hydrogen) atoms. The van der Waals surface area contributed by atoms with Gasteiger partial charge in [-0.3, -0.25) is 0 Å². The van der Waals surface area contributed by atoms with E-state index in [1.54, 1.807) is 5.56 Å². The van der Waals surface area contributed by atoms with Gasteiger partial charge in [-0.25, -0.2) is 0 Å². The van der Waals surface area contributed by atoms with Crippen molar-refractivity contribution in [1.29, 1.82) is 0 Å². The molecule has 0 bridgehead atoms. The minimum absolute atomic E-state index is 0.709. The molecule has 3 rings (SSSR count). The lowest BCUT2D eigenvalue weighted by molar-refractivity contribution is 0.384. The Morgan fingerprint density at radius 2 is 1.53 bits per heavy atom. The number of benzene rings is 1. The topological polar surface area (TPSA) is 12.0 Å². The molecule has 0 aromatic heterocycles. The highest BCUT2D eigenvalue weighted by Crippen LogP contribution is 2.37. The van der Waals surface area contributed by atoms with Gasteiger partial charge >= 0.3 is 0 Å². The summed E-state index contributed by atoms with van der Waals surface area (Å²) in [5.74, 6) is 1.61. The standard InChI is InChI=1S/C16H23N/c1-12-5-6-16(11-17-12)15-9-7-14(8-10-15)13-3-2-4-13/h7-10,12-13,16-17H,2-6,11H2,1H3. The Hall–Kier alpha value is -0.820. The molecule has 1 aliphatic heterocycles. The highest BCUT2D eigenvalue weighted by molar-refractivity contribution is 5.29. The van der Waals surface area contributed by atoms with Crippen molar-refractivity contribution >= 4 is 0 Å². The number of nitrogens with one attached hydrogen (secondary N) is 1. The molecule has 2 fully saturated rings. The zero-order chi connectivity index (χ0) is 11.7. The monoisotopic (exact) mass is 229 g/mol. The quantitative estimate of drug-likeness (QED) is 0.813. The molecular formula is C16H23N. The SMILES string of the molecule is CC1CCC(c2ccc(C3CCC3)cc2)CN1. The molecule has 92 valence electrons. The molecule has 0 radical (unpaired) electrons. The van der Waals surface area contributed by atoms with E-state index in [1.807, 2.05) is 0 Å². The van der Waals surface area contributed by atoms with Crippen LogP contribution >= 0.6 is 0 Å². The second kappa shape index (κ2) is 4.81. The summed E-state index contributed by atoms with van der Waals surface area (Å²) in [6.07, 6.45) is 6.90. The van der Waals surface area contributed by atoms with Gasteiger partial charge in [-0.15, -0.1) is 0 Å². The molecule has 1 saturated heterocycles. The molecule has 1 heteroatoms. The Bertz CT molecular complexity index is 356. The lowest BCUT2D eigenvalue weighted by atomic mass is 9.79. The first kappa shape index (κ1) is 11.3. The predicted octanol–water partition coefficient (Wildman–Crippen LogP) is 3.81. The summed E-state index contributed by atoms with van der Waals surface area (Å²) in [4.78, 5) is 0. The van der Waals surface area contributed by atoms with Crippen LogP contribution in [-0.4, -0.2) is 12.6 Å². The van der Waals surface area contributed by atoms with Gasteiger partial charge in [-0.2, -0.15) is 0 Å². The molecule has 1 heterocycles. The Morgan fingerprint density at radius 3 is 2.00 bits per heavy atom. The summed E-state index contributed by atoms with van der Waals surface area (Å²) < 4.78 is 0. The minimum Gasteiger partial charge on any atom is -0.314 e. The molecule has 2 atom stereocenters. The molecular weight excluding hydrogens is 206 g/mol. The predicted molar refractivity (Wildman–Crippen MR) is 72.5 cm³/mol. The van der Waals surface area contributed by atoms with E-state index in [0.717, 1.165) is 18.4 Å². The van der Waals surface area contributed by atoms with E-state index < -0.39 is 0 Å². The van der Waals surface area contributed by atoms with Gasteiger partial charge in [-0.1, -0.05) is 30.7 Å². The van der Waals surface area contributed by atoms with E-state index in [9.17, 15) is 0 Å². The minimum atomic E-state index is 0.709. The molecule has 2 aliphatic rings. The third kappa shape index (κ3) is 2.40. The van der Waals surface area contributed by atoms with Crippen molar-refractivity contribution in [2.24, 2.45) is 0 Å². The van der Waals surface area contributed by atoms with Crippen molar-refractivity contribution in [3.63, 3.8) is 0 Å². The van der Waals surface area contributed by atoms with E-state index in [-0.39, 0.29) is 0 Å². The van der Waals surface area contributed by atoms with Crippen LogP contribution in [0.15, 0.2) is 24.3 Å². The van der Waals surface area contributed by atoms with Crippen LogP contribution in [0.25, 0.3) is 0 Å². The van der Waals surface area contributed by atoms with Crippen LogP contribution < -0.4 is 5.32 Å². The molecule has 1 saturated carbocycles. The Morgan fingerprint density at radius 1 is 0.882 bits per heavy atom. The molecule has 0 amide bonds. The van der Waals surface area contributed by atoms with Crippen LogP contribution in [0.2, 0.25) is 0 Å². The molecule has 1 nitrogen and oxygen atoms in total. The van der Waals surface area contributed by atoms with Crippen LogP contribution in [0.5, 0.6) is 0 Å². The van der Waals surface area contributed by atoms with E-state index >= 15 is 0 Å². The zero-order valence-corrected chi connectivity index (χ0v) is 10.8. The Balaban J connectivity index is 1.67. The maximum atomic E-state index is 3.59. The van der Waals surface area contributed by atoms with E-state index in [1.165, 1.54) is 37.7 Å². The Labute approximate surface area is 105 Å². The fourth-order valence-electron chi connectivity index (χ4n) is 3.07. The van der Waals surface area contributed by atoms with Crippen molar-refractivity contribution in [2.75, 3.05) is 6.54 Å². The maximum absolute atomic E-state index is 3.59. The van der Waals surface area contributed by atoms with Gasteiger partial charge in [0.05, 0.1) is 0 Å². The van der Waals surface area contributed by atoms with Crippen molar-refractivity contribution in [3.05, 3.63) is 35.4 Å². The number of hydrogen-bond acceptors (Lipinski definition) is 1. The maximum Gasteiger partial charge on any atom is 0.00391 e. The first-order valence-electron chi connectivity index (χ1n) is 7.16. The second-order valence-electron chi connectivity index (χ2n) is 5.88. The largest absolute Gasteiger partial charge is 0.314 e. The smallest absolute Gasteiger partial charge is 0.00391 e. The number of hydrogen-bond donors (Lipinski definition) is 1. The fraction of sp³-hybridized carbons (Fsp3) is 0.625. The van der Waals surface area contributed by atoms with Gasteiger partial charge < -0.3 is 5.32 Å². The van der Waals surface area contributed by atoms with Crippen LogP contribution in [0.4, 0.5) is 0 Å². The summed E-state index contributed by atoms with van der Waals surface area (Å²) >= 11 is 0. The number of piperidine rings is 1. The molecule has 0 spiro atoms. The molecule has 2 unspecified atom stereocenters. The third-order valence-electron chi connectivity index (χ3n) is 4.65. The van der Waals surface area contributed by atoms with Gasteiger partial charge in [0.2, 0.25) is 0 Å². The lowest BCUT2D eigenvalue weighted by Crippen LogP contribution is -2.35. The second-order valence-corrected chi connectivity index (χ2v) is 5.88. The highest BCUT2D eigenvalue weighted by atomic mass is 14.9. The fourth-order valence-corrected chi connectivity index (χ4v) is 3.07. The van der Waals surface area contributed by atoms with Crippen LogP contribution in [-0.2, 0) is 0 Å². The van der Waals surface area contributed by atoms with Gasteiger partial charge in [0.1, 0.15) is 0 Å². The highest BCUT2D eigenvalue weighted by Gasteiger charge is 2.21. The molecule has 1 aliphatic carbocycles. The molecule has 1 N–H and O–H groups in total. The summed E-state index contributed by atoms with van der Waals surface area (Å²) in [6, 6.07) is 10.2. The van der Waals surface area contributed by atoms with Crippen LogP contribution in [0.3, 0.4) is 0 Å². The van der Waals surface area contributed by atoms with Crippen LogP contribution in [0, 0.1) is 0 Å². The van der Waals surface area contributed by atoms with E-state index in [0.29, 0.717) is 6.04 Å². The van der Waals surface area contributed by atoms with Crippen molar-refractivity contribution in [1.82, 2.24) is 5.32 Å². The first-order valence-corrected chi connectivity index (χ1v) is 7.16. The normalized spacial score (nSPS) is 29.9.